The lowest BCUT2D eigenvalue weighted by molar-refractivity contribution is 0.625. The summed E-state index contributed by atoms with van der Waals surface area (Å²) in [7, 11) is 0. The molecule has 0 saturated heterocycles. The van der Waals surface area contributed by atoms with E-state index in [9.17, 15) is 4.39 Å². The van der Waals surface area contributed by atoms with E-state index in [4.69, 9.17) is 5.73 Å². The van der Waals surface area contributed by atoms with Gasteiger partial charge in [0.25, 0.3) is 0 Å². The number of hydrogen-bond acceptors (Lipinski definition) is 2. The quantitative estimate of drug-likeness (QED) is 0.853. The summed E-state index contributed by atoms with van der Waals surface area (Å²) in [5, 5.41) is 0.761. The van der Waals surface area contributed by atoms with Gasteiger partial charge in [-0.2, -0.15) is 0 Å². The fourth-order valence-corrected chi connectivity index (χ4v) is 2.60. The molecule has 0 aliphatic carbocycles. The molecule has 0 aromatic heterocycles. The molecule has 1 nitrogen and oxygen atoms in total. The summed E-state index contributed by atoms with van der Waals surface area (Å²) in [6.45, 7) is 6.27. The first-order valence-electron chi connectivity index (χ1n) is 5.17. The van der Waals surface area contributed by atoms with E-state index < -0.39 is 0 Å². The number of thioether (sulfide) groups is 1. The summed E-state index contributed by atoms with van der Waals surface area (Å²) in [5.41, 5.74) is 7.04. The first-order valence-corrected chi connectivity index (χ1v) is 6.11. The van der Waals surface area contributed by atoms with Crippen molar-refractivity contribution in [1.82, 2.24) is 0 Å². The van der Waals surface area contributed by atoms with Crippen LogP contribution in [-0.4, -0.2) is 11.3 Å². The van der Waals surface area contributed by atoms with Crippen molar-refractivity contribution in [2.45, 2.75) is 37.3 Å². The zero-order valence-corrected chi connectivity index (χ0v) is 10.2. The van der Waals surface area contributed by atoms with Gasteiger partial charge in [0, 0.05) is 11.3 Å². The minimum Gasteiger partial charge on any atom is -0.327 e. The smallest absolute Gasteiger partial charge is 0.123 e. The molecule has 1 rings (SSSR count). The predicted octanol–water partition coefficient (Wildman–Crippen LogP) is 3.36. The molecule has 0 saturated carbocycles. The Hall–Kier alpha value is -0.540. The molecule has 2 N–H and O–H groups in total. The molecule has 0 fully saturated rings. The van der Waals surface area contributed by atoms with Gasteiger partial charge in [0.05, 0.1) is 0 Å². The molecule has 0 amide bonds. The Bertz CT molecular complexity index is 295. The summed E-state index contributed by atoms with van der Waals surface area (Å²) >= 11 is 1.82. The third kappa shape index (κ3) is 3.84. The van der Waals surface area contributed by atoms with E-state index in [-0.39, 0.29) is 17.1 Å². The highest BCUT2D eigenvalue weighted by atomic mass is 32.2. The number of benzene rings is 1. The highest BCUT2D eigenvalue weighted by molar-refractivity contribution is 8.00. The van der Waals surface area contributed by atoms with Crippen LogP contribution in [0.25, 0.3) is 0 Å². The second kappa shape index (κ2) is 5.52. The largest absolute Gasteiger partial charge is 0.327 e. The molecule has 3 heteroatoms. The Morgan fingerprint density at radius 2 is 1.67 bits per heavy atom. The van der Waals surface area contributed by atoms with Crippen LogP contribution in [0.15, 0.2) is 24.3 Å². The molecule has 84 valence electrons. The fourth-order valence-electron chi connectivity index (χ4n) is 1.45. The van der Waals surface area contributed by atoms with Gasteiger partial charge in [0.2, 0.25) is 0 Å². The van der Waals surface area contributed by atoms with E-state index in [1.165, 1.54) is 12.1 Å². The van der Waals surface area contributed by atoms with Gasteiger partial charge >= 0.3 is 0 Å². The maximum Gasteiger partial charge on any atom is 0.123 e. The number of halogens is 1. The van der Waals surface area contributed by atoms with Gasteiger partial charge in [-0.05, 0) is 29.9 Å². The number of rotatable bonds is 4. The number of nitrogens with two attached hydrogens (primary N) is 1. The first kappa shape index (κ1) is 12.5. The molecular weight excluding hydrogens is 209 g/mol. The average Bonchev–Trinajstić information content (AvgIpc) is 2.15. The maximum atomic E-state index is 12.8. The lowest BCUT2D eigenvalue weighted by Crippen LogP contribution is -2.23. The van der Waals surface area contributed by atoms with E-state index >= 15 is 0 Å². The van der Waals surface area contributed by atoms with Gasteiger partial charge in [0.15, 0.2) is 0 Å². The predicted molar refractivity (Wildman–Crippen MR) is 65.5 cm³/mol. The van der Waals surface area contributed by atoms with Gasteiger partial charge in [-0.3, -0.25) is 0 Å². The average molecular weight is 227 g/mol. The zero-order valence-electron chi connectivity index (χ0n) is 9.41. The molecule has 0 aliphatic rings. The van der Waals surface area contributed by atoms with Crippen LogP contribution < -0.4 is 5.73 Å². The van der Waals surface area contributed by atoms with Crippen LogP contribution in [0.5, 0.6) is 0 Å². The van der Waals surface area contributed by atoms with Gasteiger partial charge < -0.3 is 5.73 Å². The molecule has 0 bridgehead atoms. The van der Waals surface area contributed by atoms with Crippen LogP contribution in [0.2, 0.25) is 0 Å². The lowest BCUT2D eigenvalue weighted by Gasteiger charge is -2.22. The van der Waals surface area contributed by atoms with Crippen molar-refractivity contribution in [1.29, 1.82) is 0 Å². The zero-order chi connectivity index (χ0) is 11.4. The standard InChI is InChI=1S/C12H18FNS/c1-8(2)15-12(9(3)14)10-4-6-11(13)7-5-10/h4-9,12H,14H2,1-3H3. The Kier molecular flexibility index (Phi) is 4.61. The van der Waals surface area contributed by atoms with Crippen molar-refractivity contribution in [3.05, 3.63) is 35.6 Å². The molecule has 1 aromatic rings. The Morgan fingerprint density at radius 1 is 1.13 bits per heavy atom. The van der Waals surface area contributed by atoms with Crippen LogP contribution in [0.3, 0.4) is 0 Å². The molecule has 0 spiro atoms. The Balaban J connectivity index is 2.84. The van der Waals surface area contributed by atoms with E-state index in [0.717, 1.165) is 5.56 Å². The molecule has 2 unspecified atom stereocenters. The highest BCUT2D eigenvalue weighted by Gasteiger charge is 2.18. The molecule has 1 aromatic carbocycles. The maximum absolute atomic E-state index is 12.8. The van der Waals surface area contributed by atoms with Gasteiger partial charge in [-0.15, -0.1) is 11.8 Å². The molecule has 0 radical (unpaired) electrons. The highest BCUT2D eigenvalue weighted by Crippen LogP contribution is 2.34. The molecule has 0 aliphatic heterocycles. The second-order valence-corrected chi connectivity index (χ2v) is 5.74. The summed E-state index contributed by atoms with van der Waals surface area (Å²) in [4.78, 5) is 0. The van der Waals surface area contributed by atoms with E-state index in [0.29, 0.717) is 5.25 Å². The Morgan fingerprint density at radius 3 is 2.07 bits per heavy atom. The SMILES string of the molecule is CC(C)SC(c1ccc(F)cc1)C(C)N. The molecule has 0 heterocycles. The van der Waals surface area contributed by atoms with Crippen LogP contribution in [0.1, 0.15) is 31.6 Å². The third-order valence-corrected chi connectivity index (χ3v) is 3.63. The monoisotopic (exact) mass is 227 g/mol. The summed E-state index contributed by atoms with van der Waals surface area (Å²) in [6, 6.07) is 6.69. The minimum absolute atomic E-state index is 0.0721. The van der Waals surface area contributed by atoms with E-state index in [1.54, 1.807) is 0 Å². The van der Waals surface area contributed by atoms with E-state index in [1.807, 2.05) is 30.8 Å². The van der Waals surface area contributed by atoms with Crippen molar-refractivity contribution in [2.24, 2.45) is 5.73 Å². The van der Waals surface area contributed by atoms with Crippen LogP contribution in [0.4, 0.5) is 4.39 Å². The van der Waals surface area contributed by atoms with Crippen molar-refractivity contribution in [3.8, 4) is 0 Å². The minimum atomic E-state index is -0.197. The fraction of sp³-hybridized carbons (Fsp3) is 0.500. The third-order valence-electron chi connectivity index (χ3n) is 2.09. The van der Waals surface area contributed by atoms with Gasteiger partial charge in [0.1, 0.15) is 5.82 Å². The van der Waals surface area contributed by atoms with Gasteiger partial charge in [-0.1, -0.05) is 26.0 Å². The molecule has 15 heavy (non-hydrogen) atoms. The normalized spacial score (nSPS) is 15.3. The summed E-state index contributed by atoms with van der Waals surface area (Å²) in [5.74, 6) is -0.197. The van der Waals surface area contributed by atoms with Crippen LogP contribution in [-0.2, 0) is 0 Å². The van der Waals surface area contributed by atoms with Crippen molar-refractivity contribution < 1.29 is 4.39 Å². The van der Waals surface area contributed by atoms with Crippen molar-refractivity contribution in [3.63, 3.8) is 0 Å². The van der Waals surface area contributed by atoms with Crippen LogP contribution >= 0.6 is 11.8 Å². The summed E-state index contributed by atoms with van der Waals surface area (Å²) in [6.07, 6.45) is 0. The van der Waals surface area contributed by atoms with E-state index in [2.05, 4.69) is 13.8 Å². The Labute approximate surface area is 95.2 Å². The lowest BCUT2D eigenvalue weighted by atomic mass is 10.1. The number of hydrogen-bond donors (Lipinski definition) is 1. The van der Waals surface area contributed by atoms with Gasteiger partial charge in [-0.25, -0.2) is 4.39 Å². The topological polar surface area (TPSA) is 26.0 Å². The van der Waals surface area contributed by atoms with Crippen molar-refractivity contribution in [2.75, 3.05) is 0 Å². The second-order valence-electron chi connectivity index (χ2n) is 4.02. The molecular formula is C12H18FNS. The summed E-state index contributed by atoms with van der Waals surface area (Å²) < 4.78 is 12.8. The first-order chi connectivity index (χ1) is 7.00. The van der Waals surface area contributed by atoms with Crippen LogP contribution in [0, 0.1) is 5.82 Å². The molecule has 2 atom stereocenters. The van der Waals surface area contributed by atoms with Crippen molar-refractivity contribution >= 4 is 11.8 Å².